The van der Waals surface area contributed by atoms with Gasteiger partial charge in [-0.1, -0.05) is 45.0 Å². The van der Waals surface area contributed by atoms with Gasteiger partial charge in [0.15, 0.2) is 0 Å². The fourth-order valence-corrected chi connectivity index (χ4v) is 4.86. The van der Waals surface area contributed by atoms with E-state index >= 15 is 0 Å². The number of benzene rings is 2. The molecule has 1 aromatic heterocycles. The molecule has 1 saturated heterocycles. The van der Waals surface area contributed by atoms with Gasteiger partial charge in [-0.15, -0.1) is 11.3 Å². The SMILES string of the molecule is COc1ccc(C(C)(C)C)cc1/C(O)=C1\C(=O)C(=O)N(Cc2cccs2)C1c1cccc(O)c1. The highest BCUT2D eigenvalue weighted by Gasteiger charge is 2.46. The topological polar surface area (TPSA) is 87.1 Å². The van der Waals surface area contributed by atoms with E-state index in [0.717, 1.165) is 10.4 Å². The minimum Gasteiger partial charge on any atom is -0.508 e. The molecule has 1 unspecified atom stereocenters. The van der Waals surface area contributed by atoms with Crippen LogP contribution in [0.4, 0.5) is 0 Å². The number of nitrogens with zero attached hydrogens (tertiary/aromatic N) is 1. The van der Waals surface area contributed by atoms with Crippen molar-refractivity contribution in [1.82, 2.24) is 4.90 Å². The van der Waals surface area contributed by atoms with E-state index in [-0.39, 0.29) is 29.0 Å². The molecule has 1 aliphatic heterocycles. The van der Waals surface area contributed by atoms with Crippen molar-refractivity contribution in [3.05, 3.63) is 87.1 Å². The minimum atomic E-state index is -0.864. The Hall–Kier alpha value is -3.58. The third-order valence-corrected chi connectivity index (χ3v) is 6.81. The standard InChI is InChI=1S/C27H27NO5S/c1-27(2,3)17-10-11-21(33-4)20(14-17)24(30)22-23(16-7-5-8-18(29)13-16)28(26(32)25(22)31)15-19-9-6-12-34-19/h5-14,23,29-30H,15H2,1-4H3/b24-22+. The molecular weight excluding hydrogens is 450 g/mol. The van der Waals surface area contributed by atoms with Gasteiger partial charge in [-0.2, -0.15) is 0 Å². The average Bonchev–Trinajstić information content (AvgIpc) is 3.40. The summed E-state index contributed by atoms with van der Waals surface area (Å²) >= 11 is 1.48. The highest BCUT2D eigenvalue weighted by Crippen LogP contribution is 2.43. The summed E-state index contributed by atoms with van der Waals surface area (Å²) in [7, 11) is 1.49. The summed E-state index contributed by atoms with van der Waals surface area (Å²) in [6.45, 7) is 6.35. The minimum absolute atomic E-state index is 0.00604. The van der Waals surface area contributed by atoms with Crippen LogP contribution in [0, 0.1) is 0 Å². The molecule has 6 nitrogen and oxygen atoms in total. The zero-order chi connectivity index (χ0) is 24.6. The molecule has 0 aliphatic carbocycles. The molecule has 34 heavy (non-hydrogen) atoms. The summed E-state index contributed by atoms with van der Waals surface area (Å²) in [5.74, 6) is -1.38. The smallest absolute Gasteiger partial charge is 0.295 e. The molecule has 1 aliphatic rings. The highest BCUT2D eigenvalue weighted by molar-refractivity contribution is 7.09. The summed E-state index contributed by atoms with van der Waals surface area (Å²) in [4.78, 5) is 28.8. The van der Waals surface area contributed by atoms with E-state index < -0.39 is 17.7 Å². The van der Waals surface area contributed by atoms with Crippen LogP contribution in [0.15, 0.2) is 65.6 Å². The van der Waals surface area contributed by atoms with Gasteiger partial charge < -0.3 is 19.8 Å². The van der Waals surface area contributed by atoms with Crippen molar-refractivity contribution in [3.63, 3.8) is 0 Å². The molecule has 0 saturated carbocycles. The Kier molecular flexibility index (Phi) is 6.23. The molecule has 7 heteroatoms. The molecule has 0 bridgehead atoms. The molecule has 4 rings (SSSR count). The number of rotatable bonds is 5. The lowest BCUT2D eigenvalue weighted by molar-refractivity contribution is -0.140. The van der Waals surface area contributed by atoms with Crippen molar-refractivity contribution >= 4 is 28.8 Å². The van der Waals surface area contributed by atoms with Gasteiger partial charge in [0, 0.05) is 4.88 Å². The number of phenols is 1. The number of aliphatic hydroxyl groups excluding tert-OH is 1. The second kappa shape index (κ2) is 8.99. The Morgan fingerprint density at radius 2 is 1.85 bits per heavy atom. The Labute approximate surface area is 202 Å². The number of amides is 1. The molecule has 1 fully saturated rings. The second-order valence-electron chi connectivity index (χ2n) is 9.27. The van der Waals surface area contributed by atoms with Crippen LogP contribution in [-0.2, 0) is 21.5 Å². The Bertz CT molecular complexity index is 1270. The van der Waals surface area contributed by atoms with Crippen LogP contribution in [0.3, 0.4) is 0 Å². The molecule has 3 aromatic rings. The van der Waals surface area contributed by atoms with Crippen molar-refractivity contribution in [2.24, 2.45) is 0 Å². The van der Waals surface area contributed by atoms with Gasteiger partial charge in [0.05, 0.1) is 30.8 Å². The number of Topliss-reactive ketones (excluding diaryl/α,β-unsaturated/α-hetero) is 1. The zero-order valence-electron chi connectivity index (χ0n) is 19.5. The zero-order valence-corrected chi connectivity index (χ0v) is 20.3. The predicted octanol–water partition coefficient (Wildman–Crippen LogP) is 5.38. The quantitative estimate of drug-likeness (QED) is 0.293. The van der Waals surface area contributed by atoms with Gasteiger partial charge in [0.2, 0.25) is 0 Å². The summed E-state index contributed by atoms with van der Waals surface area (Å²) in [6.07, 6.45) is 0. The summed E-state index contributed by atoms with van der Waals surface area (Å²) < 4.78 is 5.49. The Morgan fingerprint density at radius 1 is 1.09 bits per heavy atom. The number of phenolic OH excluding ortho intramolecular Hbond substituents is 1. The Balaban J connectivity index is 1.94. The van der Waals surface area contributed by atoms with E-state index in [1.165, 1.54) is 35.5 Å². The van der Waals surface area contributed by atoms with Crippen LogP contribution < -0.4 is 4.74 Å². The van der Waals surface area contributed by atoms with Crippen molar-refractivity contribution < 1.29 is 24.5 Å². The van der Waals surface area contributed by atoms with Gasteiger partial charge in [-0.25, -0.2) is 0 Å². The normalized spacial score (nSPS) is 17.9. The van der Waals surface area contributed by atoms with Gasteiger partial charge in [-0.05, 0) is 52.3 Å². The second-order valence-corrected chi connectivity index (χ2v) is 10.3. The van der Waals surface area contributed by atoms with Crippen molar-refractivity contribution in [2.75, 3.05) is 7.11 Å². The lowest BCUT2D eigenvalue weighted by Gasteiger charge is -2.25. The maximum absolute atomic E-state index is 13.3. The van der Waals surface area contributed by atoms with Crippen LogP contribution in [0.1, 0.15) is 48.4 Å². The van der Waals surface area contributed by atoms with E-state index in [1.807, 2.05) is 44.4 Å². The van der Waals surface area contributed by atoms with Crippen molar-refractivity contribution in [3.8, 4) is 11.5 Å². The molecule has 0 spiro atoms. The number of hydrogen-bond donors (Lipinski definition) is 2. The first kappa shape index (κ1) is 23.6. The lowest BCUT2D eigenvalue weighted by atomic mass is 9.85. The first-order valence-electron chi connectivity index (χ1n) is 10.9. The van der Waals surface area contributed by atoms with Crippen molar-refractivity contribution in [2.45, 2.75) is 38.8 Å². The number of methoxy groups -OCH3 is 1. The van der Waals surface area contributed by atoms with Gasteiger partial charge in [-0.3, -0.25) is 9.59 Å². The third-order valence-electron chi connectivity index (χ3n) is 5.95. The summed E-state index contributed by atoms with van der Waals surface area (Å²) in [5, 5.41) is 23.5. The van der Waals surface area contributed by atoms with E-state index in [0.29, 0.717) is 16.9 Å². The highest BCUT2D eigenvalue weighted by atomic mass is 32.1. The number of likely N-dealkylation sites (tertiary alicyclic amines) is 1. The van der Waals surface area contributed by atoms with Crippen LogP contribution in [-0.4, -0.2) is 33.9 Å². The third kappa shape index (κ3) is 4.31. The molecule has 0 radical (unpaired) electrons. The first-order chi connectivity index (χ1) is 16.1. The van der Waals surface area contributed by atoms with Crippen LogP contribution >= 0.6 is 11.3 Å². The fraction of sp³-hybridized carbons (Fsp3) is 0.259. The molecule has 2 heterocycles. The number of thiophene rings is 1. The summed E-state index contributed by atoms with van der Waals surface area (Å²) in [6, 6.07) is 14.8. The molecule has 1 amide bonds. The van der Waals surface area contributed by atoms with Gasteiger partial charge in [0.1, 0.15) is 17.3 Å². The largest absolute Gasteiger partial charge is 0.508 e. The lowest BCUT2D eigenvalue weighted by Crippen LogP contribution is -2.28. The molecule has 1 atom stereocenters. The summed E-state index contributed by atoms with van der Waals surface area (Å²) in [5.41, 5.74) is 1.57. The van der Waals surface area contributed by atoms with E-state index in [2.05, 4.69) is 0 Å². The van der Waals surface area contributed by atoms with E-state index in [9.17, 15) is 19.8 Å². The number of aromatic hydroxyl groups is 1. The number of carbonyl (C=O) groups is 2. The predicted molar refractivity (Wildman–Crippen MR) is 132 cm³/mol. The van der Waals surface area contributed by atoms with Crippen LogP contribution in [0.25, 0.3) is 5.76 Å². The number of ether oxygens (including phenoxy) is 1. The van der Waals surface area contributed by atoms with E-state index in [4.69, 9.17) is 4.74 Å². The molecule has 2 aromatic carbocycles. The average molecular weight is 478 g/mol. The maximum atomic E-state index is 13.3. The van der Waals surface area contributed by atoms with Crippen LogP contribution in [0.5, 0.6) is 11.5 Å². The molecule has 2 N–H and O–H groups in total. The maximum Gasteiger partial charge on any atom is 0.295 e. The van der Waals surface area contributed by atoms with Gasteiger partial charge in [0.25, 0.3) is 11.7 Å². The number of hydrogen-bond acceptors (Lipinski definition) is 6. The van der Waals surface area contributed by atoms with E-state index in [1.54, 1.807) is 24.3 Å². The van der Waals surface area contributed by atoms with Crippen molar-refractivity contribution in [1.29, 1.82) is 0 Å². The number of aliphatic hydroxyl groups is 1. The number of ketones is 1. The van der Waals surface area contributed by atoms with Crippen LogP contribution in [0.2, 0.25) is 0 Å². The molecular formula is C27H27NO5S. The number of carbonyl (C=O) groups excluding carboxylic acids is 2. The Morgan fingerprint density at radius 3 is 2.47 bits per heavy atom. The monoisotopic (exact) mass is 477 g/mol. The fourth-order valence-electron chi connectivity index (χ4n) is 4.16. The first-order valence-corrected chi connectivity index (χ1v) is 11.8. The van der Waals surface area contributed by atoms with Gasteiger partial charge >= 0.3 is 0 Å². The molecule has 176 valence electrons.